The second kappa shape index (κ2) is 10.5. The molecule has 0 bridgehead atoms. The number of benzene rings is 2. The predicted octanol–water partition coefficient (Wildman–Crippen LogP) is 3.50. The monoisotopic (exact) mass is 448 g/mol. The highest BCUT2D eigenvalue weighted by molar-refractivity contribution is 5.93. The summed E-state index contributed by atoms with van der Waals surface area (Å²) in [5.41, 5.74) is 9.37. The number of phenolic OH excluding ortho intramolecular Hbond substituents is 1. The third-order valence-electron chi connectivity index (χ3n) is 5.40. The van der Waals surface area contributed by atoms with E-state index in [0.29, 0.717) is 30.0 Å². The van der Waals surface area contributed by atoms with Crippen molar-refractivity contribution in [3.63, 3.8) is 0 Å². The molecule has 0 aliphatic heterocycles. The van der Waals surface area contributed by atoms with Crippen LogP contribution in [0.5, 0.6) is 5.75 Å². The molecule has 7 nitrogen and oxygen atoms in total. The number of nitrogens with zero attached hydrogens (tertiary/aromatic N) is 1. The fourth-order valence-corrected chi connectivity index (χ4v) is 3.66. The number of nitrogens with one attached hydrogen (secondary N) is 2. The minimum absolute atomic E-state index is 0.0486. The van der Waals surface area contributed by atoms with Gasteiger partial charge in [-0.05, 0) is 62.1 Å². The zero-order valence-corrected chi connectivity index (χ0v) is 19.3. The maximum absolute atomic E-state index is 12.5. The summed E-state index contributed by atoms with van der Waals surface area (Å²) in [6, 6.07) is 16.4. The molecule has 1 atom stereocenters. The van der Waals surface area contributed by atoms with Gasteiger partial charge in [-0.3, -0.25) is 4.79 Å². The van der Waals surface area contributed by atoms with Crippen LogP contribution < -0.4 is 16.4 Å². The minimum Gasteiger partial charge on any atom is -0.506 e. The number of phenols is 1. The summed E-state index contributed by atoms with van der Waals surface area (Å²) in [5, 5.41) is 26.6. The number of aryl methyl sites for hydroxylation is 1. The number of hydrogen-bond acceptors (Lipinski definition) is 6. The Kier molecular flexibility index (Phi) is 7.68. The van der Waals surface area contributed by atoms with E-state index in [0.717, 1.165) is 16.7 Å². The lowest BCUT2D eigenvalue weighted by Gasteiger charge is -2.28. The van der Waals surface area contributed by atoms with Gasteiger partial charge in [-0.2, -0.15) is 0 Å². The number of β-amino-alcohol motifs (C(OH)–C–C–N with tert-alkyl or cyclic N) is 1. The van der Waals surface area contributed by atoms with Crippen LogP contribution in [0, 0.1) is 6.92 Å². The highest BCUT2D eigenvalue weighted by Gasteiger charge is 2.20. The lowest BCUT2D eigenvalue weighted by molar-refractivity contribution is -0.115. The number of nitrogen functional groups attached to an aromatic ring is 1. The molecule has 3 rings (SSSR count). The van der Waals surface area contributed by atoms with E-state index in [-0.39, 0.29) is 23.6 Å². The van der Waals surface area contributed by atoms with E-state index in [2.05, 4.69) is 29.5 Å². The van der Waals surface area contributed by atoms with E-state index < -0.39 is 6.10 Å². The van der Waals surface area contributed by atoms with Crippen LogP contribution in [-0.2, 0) is 17.6 Å². The number of aliphatic hydroxyl groups is 1. The van der Waals surface area contributed by atoms with Gasteiger partial charge in [0.05, 0.1) is 18.2 Å². The molecule has 0 saturated carbocycles. The standard InChI is InChI=1S/C26H32N4O3/c1-17-7-9-22(31)21(11-17)30-25(33)13-18-5-4-6-19(12-18)14-26(2,3)29-16-23(32)20-8-10-24(27)28-15-20/h4-12,15,23,29,31-32H,13-14,16H2,1-3H3,(H2,27,28)(H,30,33)/t23-/m1/s1. The summed E-state index contributed by atoms with van der Waals surface area (Å²) < 4.78 is 0. The first-order valence-corrected chi connectivity index (χ1v) is 10.9. The first-order chi connectivity index (χ1) is 15.6. The molecule has 33 heavy (non-hydrogen) atoms. The Labute approximate surface area is 194 Å². The Balaban J connectivity index is 1.57. The summed E-state index contributed by atoms with van der Waals surface area (Å²) >= 11 is 0. The molecule has 0 aliphatic rings. The zero-order chi connectivity index (χ0) is 24.0. The average Bonchev–Trinajstić information content (AvgIpc) is 2.75. The van der Waals surface area contributed by atoms with Gasteiger partial charge < -0.3 is 26.6 Å². The lowest BCUT2D eigenvalue weighted by atomic mass is 9.93. The van der Waals surface area contributed by atoms with Gasteiger partial charge in [0.1, 0.15) is 11.6 Å². The van der Waals surface area contributed by atoms with Gasteiger partial charge in [0.15, 0.2) is 0 Å². The average molecular weight is 449 g/mol. The van der Waals surface area contributed by atoms with E-state index in [1.165, 1.54) is 0 Å². The molecule has 174 valence electrons. The van der Waals surface area contributed by atoms with Crippen LogP contribution in [0.1, 0.15) is 42.2 Å². The zero-order valence-electron chi connectivity index (χ0n) is 19.3. The molecule has 1 aromatic heterocycles. The van der Waals surface area contributed by atoms with Crippen molar-refractivity contribution >= 4 is 17.4 Å². The minimum atomic E-state index is -0.689. The van der Waals surface area contributed by atoms with Crippen molar-refractivity contribution in [1.82, 2.24) is 10.3 Å². The Morgan fingerprint density at radius 1 is 1.12 bits per heavy atom. The lowest BCUT2D eigenvalue weighted by Crippen LogP contribution is -2.43. The van der Waals surface area contributed by atoms with Crippen LogP contribution in [0.15, 0.2) is 60.8 Å². The summed E-state index contributed by atoms with van der Waals surface area (Å²) in [5.74, 6) is 0.279. The highest BCUT2D eigenvalue weighted by Crippen LogP contribution is 2.24. The van der Waals surface area contributed by atoms with Crippen LogP contribution in [0.2, 0.25) is 0 Å². The summed E-state index contributed by atoms with van der Waals surface area (Å²) in [7, 11) is 0. The first kappa shape index (κ1) is 24.2. The van der Waals surface area contributed by atoms with Gasteiger partial charge >= 0.3 is 0 Å². The molecule has 0 fully saturated rings. The number of hydrogen-bond donors (Lipinski definition) is 5. The third kappa shape index (κ3) is 7.30. The van der Waals surface area contributed by atoms with Crippen molar-refractivity contribution in [3.05, 3.63) is 83.0 Å². The van der Waals surface area contributed by atoms with Crippen molar-refractivity contribution in [2.45, 2.75) is 45.3 Å². The van der Waals surface area contributed by atoms with Crippen LogP contribution in [0.3, 0.4) is 0 Å². The number of aromatic nitrogens is 1. The number of aliphatic hydroxyl groups excluding tert-OH is 1. The number of aromatic hydroxyl groups is 1. The Morgan fingerprint density at radius 2 is 1.88 bits per heavy atom. The van der Waals surface area contributed by atoms with Crippen molar-refractivity contribution in [1.29, 1.82) is 0 Å². The molecule has 1 heterocycles. The number of rotatable bonds is 9. The molecule has 0 aliphatic carbocycles. The number of nitrogens with two attached hydrogens (primary N) is 1. The molecule has 0 spiro atoms. The van der Waals surface area contributed by atoms with Crippen molar-refractivity contribution in [2.24, 2.45) is 0 Å². The van der Waals surface area contributed by atoms with Crippen LogP contribution in [0.4, 0.5) is 11.5 Å². The smallest absolute Gasteiger partial charge is 0.228 e. The summed E-state index contributed by atoms with van der Waals surface area (Å²) in [6.07, 6.45) is 1.82. The fourth-order valence-electron chi connectivity index (χ4n) is 3.66. The van der Waals surface area contributed by atoms with Crippen LogP contribution >= 0.6 is 0 Å². The second-order valence-electron chi connectivity index (χ2n) is 9.04. The van der Waals surface area contributed by atoms with E-state index in [1.807, 2.05) is 31.2 Å². The fraction of sp³-hybridized carbons (Fsp3) is 0.308. The molecular formula is C26H32N4O3. The van der Waals surface area contributed by atoms with Crippen LogP contribution in [-0.4, -0.2) is 33.2 Å². The first-order valence-electron chi connectivity index (χ1n) is 10.9. The van der Waals surface area contributed by atoms with E-state index in [4.69, 9.17) is 5.73 Å². The second-order valence-corrected chi connectivity index (χ2v) is 9.04. The van der Waals surface area contributed by atoms with E-state index in [1.54, 1.807) is 36.5 Å². The van der Waals surface area contributed by atoms with Crippen molar-refractivity contribution in [2.75, 3.05) is 17.6 Å². The van der Waals surface area contributed by atoms with Gasteiger partial charge in [-0.1, -0.05) is 36.4 Å². The Morgan fingerprint density at radius 3 is 2.61 bits per heavy atom. The van der Waals surface area contributed by atoms with Crippen LogP contribution in [0.25, 0.3) is 0 Å². The van der Waals surface area contributed by atoms with Gasteiger partial charge in [0.25, 0.3) is 0 Å². The topological polar surface area (TPSA) is 120 Å². The SMILES string of the molecule is Cc1ccc(O)c(NC(=O)Cc2cccc(CC(C)(C)NC[C@@H](O)c3ccc(N)nc3)c2)c1. The molecule has 6 N–H and O–H groups in total. The number of anilines is 2. The van der Waals surface area contributed by atoms with Gasteiger partial charge in [-0.15, -0.1) is 0 Å². The van der Waals surface area contributed by atoms with E-state index in [9.17, 15) is 15.0 Å². The molecule has 7 heteroatoms. The van der Waals surface area contributed by atoms with Gasteiger partial charge in [0, 0.05) is 23.8 Å². The third-order valence-corrected chi connectivity index (χ3v) is 5.40. The molecule has 0 radical (unpaired) electrons. The van der Waals surface area contributed by atoms with Gasteiger partial charge in [-0.25, -0.2) is 4.98 Å². The van der Waals surface area contributed by atoms with Crippen molar-refractivity contribution < 1.29 is 15.0 Å². The molecule has 2 aromatic carbocycles. The quantitative estimate of drug-likeness (QED) is 0.320. The largest absolute Gasteiger partial charge is 0.506 e. The molecule has 1 amide bonds. The molecular weight excluding hydrogens is 416 g/mol. The number of carbonyl (C=O) groups is 1. The number of amides is 1. The Bertz CT molecular complexity index is 1100. The maximum atomic E-state index is 12.5. The molecule has 0 saturated heterocycles. The summed E-state index contributed by atoms with van der Waals surface area (Å²) in [6.45, 7) is 6.42. The van der Waals surface area contributed by atoms with Gasteiger partial charge in [0.2, 0.25) is 5.91 Å². The highest BCUT2D eigenvalue weighted by atomic mass is 16.3. The number of carbonyl (C=O) groups excluding carboxylic acids is 1. The molecule has 3 aromatic rings. The normalized spacial score (nSPS) is 12.4. The Hall–Kier alpha value is -3.42. The predicted molar refractivity (Wildman–Crippen MR) is 131 cm³/mol. The molecule has 0 unspecified atom stereocenters. The van der Waals surface area contributed by atoms with Crippen molar-refractivity contribution in [3.8, 4) is 5.75 Å². The van der Waals surface area contributed by atoms with E-state index >= 15 is 0 Å². The summed E-state index contributed by atoms with van der Waals surface area (Å²) in [4.78, 5) is 16.5. The maximum Gasteiger partial charge on any atom is 0.228 e. The number of pyridine rings is 1.